The Morgan fingerprint density at radius 3 is 2.56 bits per heavy atom. The van der Waals surface area contributed by atoms with Crippen molar-refractivity contribution in [3.05, 3.63) is 90.4 Å². The molecule has 0 radical (unpaired) electrons. The zero-order valence-corrected chi connectivity index (χ0v) is 14.8. The maximum absolute atomic E-state index is 12.7. The van der Waals surface area contributed by atoms with Crippen LogP contribution in [0.25, 0.3) is 16.9 Å². The largest absolute Gasteiger partial charge is 0.345 e. The van der Waals surface area contributed by atoms with E-state index in [1.807, 2.05) is 73.8 Å². The molecule has 2 aromatic carbocycles. The maximum atomic E-state index is 12.7. The molecule has 0 fully saturated rings. The molecule has 2 N–H and O–H groups in total. The minimum atomic E-state index is -0.162. The highest BCUT2D eigenvalue weighted by molar-refractivity contribution is 5.94. The van der Waals surface area contributed by atoms with E-state index in [0.717, 1.165) is 22.5 Å². The molecule has 4 rings (SSSR count). The SMILES string of the molecule is C[C@@H](NC(=O)c1ccc(-c2ccn[nH]2)cc1)c1ccccc1-n1cccn1. The number of hydrogen-bond acceptors (Lipinski definition) is 3. The van der Waals surface area contributed by atoms with Crippen LogP contribution >= 0.6 is 0 Å². The number of nitrogens with one attached hydrogen (secondary N) is 2. The summed E-state index contributed by atoms with van der Waals surface area (Å²) in [5.41, 5.74) is 4.47. The van der Waals surface area contributed by atoms with Crippen molar-refractivity contribution in [1.29, 1.82) is 0 Å². The fourth-order valence-corrected chi connectivity index (χ4v) is 3.05. The molecule has 0 spiro atoms. The zero-order chi connectivity index (χ0) is 18.6. The Morgan fingerprint density at radius 1 is 1.04 bits per heavy atom. The molecule has 27 heavy (non-hydrogen) atoms. The molecule has 0 bridgehead atoms. The summed E-state index contributed by atoms with van der Waals surface area (Å²) in [4.78, 5) is 12.7. The molecule has 2 heterocycles. The Kier molecular flexibility index (Phi) is 4.53. The summed E-state index contributed by atoms with van der Waals surface area (Å²) < 4.78 is 1.80. The van der Waals surface area contributed by atoms with Crippen LogP contribution in [0.4, 0.5) is 0 Å². The summed E-state index contributed by atoms with van der Waals surface area (Å²) in [6, 6.07) is 19.0. The molecule has 0 saturated carbocycles. The van der Waals surface area contributed by atoms with Gasteiger partial charge in [0.25, 0.3) is 5.91 Å². The number of carbonyl (C=O) groups excluding carboxylic acids is 1. The topological polar surface area (TPSA) is 75.6 Å². The van der Waals surface area contributed by atoms with Gasteiger partial charge < -0.3 is 5.32 Å². The number of carbonyl (C=O) groups is 1. The standard InChI is InChI=1S/C21H19N5O/c1-15(18-5-2-3-6-20(18)26-14-4-12-23-26)24-21(27)17-9-7-16(8-10-17)19-11-13-22-25-19/h2-15H,1H3,(H,22,25)(H,24,27)/t15-/m1/s1. The number of para-hydroxylation sites is 1. The van der Waals surface area contributed by atoms with Crippen LogP contribution < -0.4 is 5.32 Å². The normalized spacial score (nSPS) is 11.9. The molecule has 6 nitrogen and oxygen atoms in total. The lowest BCUT2D eigenvalue weighted by Crippen LogP contribution is -2.27. The van der Waals surface area contributed by atoms with E-state index < -0.39 is 0 Å². The molecule has 0 aliphatic carbocycles. The Labute approximate surface area is 156 Å². The van der Waals surface area contributed by atoms with E-state index in [1.165, 1.54) is 0 Å². The van der Waals surface area contributed by atoms with Crippen LogP contribution in [0.3, 0.4) is 0 Å². The first kappa shape index (κ1) is 16.8. The summed E-state index contributed by atoms with van der Waals surface area (Å²) in [6.07, 6.45) is 5.33. The Balaban J connectivity index is 1.52. The second-order valence-corrected chi connectivity index (χ2v) is 6.25. The second kappa shape index (κ2) is 7.29. The van der Waals surface area contributed by atoms with Crippen molar-refractivity contribution < 1.29 is 4.79 Å². The van der Waals surface area contributed by atoms with E-state index in [4.69, 9.17) is 0 Å². The van der Waals surface area contributed by atoms with Crippen molar-refractivity contribution in [2.75, 3.05) is 0 Å². The molecule has 0 aliphatic heterocycles. The third-order valence-electron chi connectivity index (χ3n) is 4.46. The van der Waals surface area contributed by atoms with Gasteiger partial charge in [0, 0.05) is 24.2 Å². The molecular formula is C21H19N5O. The molecule has 6 heteroatoms. The van der Waals surface area contributed by atoms with E-state index in [0.29, 0.717) is 5.56 Å². The van der Waals surface area contributed by atoms with Crippen molar-refractivity contribution in [2.45, 2.75) is 13.0 Å². The molecule has 4 aromatic rings. The van der Waals surface area contributed by atoms with Crippen LogP contribution in [0.15, 0.2) is 79.3 Å². The number of nitrogens with zero attached hydrogens (tertiary/aromatic N) is 3. The number of amides is 1. The summed E-state index contributed by atoms with van der Waals surface area (Å²) in [5, 5.41) is 14.2. The first-order valence-corrected chi connectivity index (χ1v) is 8.72. The predicted octanol–water partition coefficient (Wildman–Crippen LogP) is 3.75. The summed E-state index contributed by atoms with van der Waals surface area (Å²) in [6.45, 7) is 1.97. The van der Waals surface area contributed by atoms with Crippen LogP contribution in [0.5, 0.6) is 0 Å². The fraction of sp³-hybridized carbons (Fsp3) is 0.0952. The lowest BCUT2D eigenvalue weighted by Gasteiger charge is -2.18. The minimum Gasteiger partial charge on any atom is -0.345 e. The van der Waals surface area contributed by atoms with E-state index >= 15 is 0 Å². The number of benzene rings is 2. The number of aromatic amines is 1. The van der Waals surface area contributed by atoms with Gasteiger partial charge in [-0.05, 0) is 48.4 Å². The Bertz CT molecular complexity index is 1020. The molecule has 0 saturated heterocycles. The van der Waals surface area contributed by atoms with Gasteiger partial charge in [-0.3, -0.25) is 9.89 Å². The number of H-pyrrole nitrogens is 1. The van der Waals surface area contributed by atoms with Gasteiger partial charge in [-0.1, -0.05) is 30.3 Å². The van der Waals surface area contributed by atoms with Gasteiger partial charge in [0.15, 0.2) is 0 Å². The smallest absolute Gasteiger partial charge is 0.251 e. The number of rotatable bonds is 5. The van der Waals surface area contributed by atoms with E-state index in [2.05, 4.69) is 20.6 Å². The predicted molar refractivity (Wildman–Crippen MR) is 103 cm³/mol. The summed E-state index contributed by atoms with van der Waals surface area (Å²) >= 11 is 0. The molecule has 1 atom stereocenters. The minimum absolute atomic E-state index is 0.117. The van der Waals surface area contributed by atoms with Gasteiger partial charge >= 0.3 is 0 Å². The van der Waals surface area contributed by atoms with Crippen molar-refractivity contribution in [2.24, 2.45) is 0 Å². The van der Waals surface area contributed by atoms with E-state index in [-0.39, 0.29) is 11.9 Å². The third kappa shape index (κ3) is 3.50. The average Bonchev–Trinajstić information content (AvgIpc) is 3.42. The summed E-state index contributed by atoms with van der Waals surface area (Å²) in [7, 11) is 0. The molecule has 1 amide bonds. The lowest BCUT2D eigenvalue weighted by molar-refractivity contribution is 0.0940. The molecule has 0 unspecified atom stereocenters. The van der Waals surface area contributed by atoms with E-state index in [9.17, 15) is 4.79 Å². The lowest BCUT2D eigenvalue weighted by atomic mass is 10.0. The maximum Gasteiger partial charge on any atom is 0.251 e. The van der Waals surface area contributed by atoms with Crippen molar-refractivity contribution in [1.82, 2.24) is 25.3 Å². The number of aromatic nitrogens is 4. The Morgan fingerprint density at radius 2 is 1.85 bits per heavy atom. The highest BCUT2D eigenvalue weighted by atomic mass is 16.1. The quantitative estimate of drug-likeness (QED) is 0.571. The van der Waals surface area contributed by atoms with Gasteiger partial charge in [-0.15, -0.1) is 0 Å². The molecule has 0 aliphatic rings. The van der Waals surface area contributed by atoms with Crippen LogP contribution in [0.1, 0.15) is 28.9 Å². The fourth-order valence-electron chi connectivity index (χ4n) is 3.05. The third-order valence-corrected chi connectivity index (χ3v) is 4.46. The molecular weight excluding hydrogens is 338 g/mol. The van der Waals surface area contributed by atoms with Gasteiger partial charge in [0.1, 0.15) is 0 Å². The van der Waals surface area contributed by atoms with Gasteiger partial charge in [-0.2, -0.15) is 10.2 Å². The van der Waals surface area contributed by atoms with Gasteiger partial charge in [-0.25, -0.2) is 4.68 Å². The van der Waals surface area contributed by atoms with E-state index in [1.54, 1.807) is 17.1 Å². The monoisotopic (exact) mass is 357 g/mol. The average molecular weight is 357 g/mol. The Hall–Kier alpha value is -3.67. The molecule has 134 valence electrons. The first-order valence-electron chi connectivity index (χ1n) is 8.72. The van der Waals surface area contributed by atoms with Crippen LogP contribution in [-0.2, 0) is 0 Å². The number of hydrogen-bond donors (Lipinski definition) is 2. The van der Waals surface area contributed by atoms with Crippen LogP contribution in [0.2, 0.25) is 0 Å². The van der Waals surface area contributed by atoms with Crippen LogP contribution in [-0.4, -0.2) is 25.9 Å². The van der Waals surface area contributed by atoms with Crippen molar-refractivity contribution >= 4 is 5.91 Å². The summed E-state index contributed by atoms with van der Waals surface area (Å²) in [5.74, 6) is -0.117. The zero-order valence-electron chi connectivity index (χ0n) is 14.8. The van der Waals surface area contributed by atoms with Gasteiger partial charge in [0.2, 0.25) is 0 Å². The van der Waals surface area contributed by atoms with Crippen molar-refractivity contribution in [3.63, 3.8) is 0 Å². The van der Waals surface area contributed by atoms with Crippen LogP contribution in [0, 0.1) is 0 Å². The highest BCUT2D eigenvalue weighted by Crippen LogP contribution is 2.22. The van der Waals surface area contributed by atoms with Crippen molar-refractivity contribution in [3.8, 4) is 16.9 Å². The van der Waals surface area contributed by atoms with Gasteiger partial charge in [0.05, 0.1) is 17.4 Å². The molecule has 2 aromatic heterocycles. The second-order valence-electron chi connectivity index (χ2n) is 6.25. The highest BCUT2D eigenvalue weighted by Gasteiger charge is 2.15. The first-order chi connectivity index (χ1) is 13.2.